The second-order valence-corrected chi connectivity index (χ2v) is 20.5. The monoisotopic (exact) mass is 1050 g/mol. The number of hydrogen-bond donors (Lipinski definition) is 0. The van der Waals surface area contributed by atoms with E-state index in [1.165, 1.54) is 33.4 Å². The van der Waals surface area contributed by atoms with Crippen molar-refractivity contribution in [3.63, 3.8) is 0 Å². The number of para-hydroxylation sites is 6. The number of hydrogen-bond acceptors (Lipinski definition) is 6. The zero-order valence-corrected chi connectivity index (χ0v) is 44.0. The number of furan rings is 2. The highest BCUT2D eigenvalue weighted by molar-refractivity contribution is 7.00. The van der Waals surface area contributed by atoms with Gasteiger partial charge in [-0.2, -0.15) is 0 Å². The number of halogens is 1. The molecule has 0 saturated carbocycles. The highest BCUT2D eigenvalue weighted by Crippen LogP contribution is 2.50. The summed E-state index contributed by atoms with van der Waals surface area (Å²) in [7, 11) is 0. The van der Waals surface area contributed by atoms with E-state index < -0.39 is 0 Å². The maximum absolute atomic E-state index is 7.40. The number of benzene rings is 12. The molecule has 0 saturated heterocycles. The average molecular weight is 1050 g/mol. The fraction of sp³-hybridized carbons (Fsp3) is 0. The van der Waals surface area contributed by atoms with Crippen LogP contribution in [-0.4, -0.2) is 6.71 Å². The van der Waals surface area contributed by atoms with Gasteiger partial charge in [-0.05, 0) is 125 Å². The van der Waals surface area contributed by atoms with Crippen LogP contribution in [0, 0.1) is 0 Å². The van der Waals surface area contributed by atoms with Crippen LogP contribution in [0.2, 0.25) is 5.02 Å². The highest BCUT2D eigenvalue weighted by Gasteiger charge is 2.46. The van der Waals surface area contributed by atoms with Gasteiger partial charge >= 0.3 is 0 Å². The van der Waals surface area contributed by atoms with Gasteiger partial charge in [-0.15, -0.1) is 0 Å². The van der Waals surface area contributed by atoms with E-state index in [1.807, 2.05) is 73.0 Å². The minimum Gasteiger partial charge on any atom is -0.467 e. The molecule has 0 spiro atoms. The molecule has 2 aliphatic heterocycles. The second-order valence-electron chi connectivity index (χ2n) is 20.1. The normalized spacial score (nSPS) is 12.2. The van der Waals surface area contributed by atoms with Gasteiger partial charge in [0.2, 0.25) is 0 Å². The molecule has 378 valence electrons. The highest BCUT2D eigenvalue weighted by atomic mass is 35.5. The summed E-state index contributed by atoms with van der Waals surface area (Å²) < 4.78 is 13.3. The van der Waals surface area contributed by atoms with E-state index in [-0.39, 0.29) is 6.71 Å². The molecule has 80 heavy (non-hydrogen) atoms. The van der Waals surface area contributed by atoms with E-state index >= 15 is 0 Å². The van der Waals surface area contributed by atoms with Crippen LogP contribution in [0.25, 0.3) is 43.5 Å². The molecule has 6 nitrogen and oxygen atoms in total. The van der Waals surface area contributed by atoms with Crippen LogP contribution in [0.1, 0.15) is 0 Å². The summed E-state index contributed by atoms with van der Waals surface area (Å²) in [5, 5.41) is 7.34. The molecular formula is C72H48BClN4O2. The Balaban J connectivity index is 0.000000138. The van der Waals surface area contributed by atoms with Crippen molar-refractivity contribution in [1.29, 1.82) is 0 Å². The summed E-state index contributed by atoms with van der Waals surface area (Å²) in [6.45, 7) is -0.0245. The molecule has 0 atom stereocenters. The fourth-order valence-electron chi connectivity index (χ4n) is 12.1. The Labute approximate surface area is 468 Å². The van der Waals surface area contributed by atoms with Gasteiger partial charge < -0.3 is 28.4 Å². The van der Waals surface area contributed by atoms with Crippen LogP contribution in [-0.2, 0) is 0 Å². The average Bonchev–Trinajstić information content (AvgIpc) is 4.18. The molecule has 2 aliphatic rings. The zero-order valence-electron chi connectivity index (χ0n) is 43.3. The van der Waals surface area contributed by atoms with E-state index in [2.05, 4.69) is 238 Å². The molecule has 0 N–H and O–H groups in total. The summed E-state index contributed by atoms with van der Waals surface area (Å²) in [5.74, 6) is 0. The molecule has 16 rings (SSSR count). The number of anilines is 12. The molecule has 0 radical (unpaired) electrons. The molecule has 0 amide bonds. The van der Waals surface area contributed by atoms with Crippen molar-refractivity contribution in [3.8, 4) is 0 Å². The first-order valence-electron chi connectivity index (χ1n) is 27.0. The lowest BCUT2D eigenvalue weighted by molar-refractivity contribution is 0.619. The Morgan fingerprint density at radius 2 is 0.812 bits per heavy atom. The van der Waals surface area contributed by atoms with Gasteiger partial charge in [0.25, 0.3) is 6.71 Å². The maximum Gasteiger partial charge on any atom is 0.297 e. The molecule has 2 aromatic heterocycles. The van der Waals surface area contributed by atoms with Crippen molar-refractivity contribution in [2.24, 2.45) is 0 Å². The van der Waals surface area contributed by atoms with Crippen LogP contribution in [0.3, 0.4) is 0 Å². The summed E-state index contributed by atoms with van der Waals surface area (Å²) in [5.41, 5.74) is 18.0. The third-order valence-corrected chi connectivity index (χ3v) is 16.0. The van der Waals surface area contributed by atoms with Crippen molar-refractivity contribution in [2.45, 2.75) is 0 Å². The van der Waals surface area contributed by atoms with E-state index in [4.69, 9.17) is 20.4 Å². The maximum atomic E-state index is 7.40. The van der Waals surface area contributed by atoms with E-state index in [1.54, 1.807) is 0 Å². The summed E-state index contributed by atoms with van der Waals surface area (Å²) in [4.78, 5) is 9.18. The Kier molecular flexibility index (Phi) is 11.6. The van der Waals surface area contributed by atoms with Crippen molar-refractivity contribution in [1.82, 2.24) is 0 Å². The zero-order chi connectivity index (χ0) is 53.1. The minimum absolute atomic E-state index is 0.0245. The van der Waals surface area contributed by atoms with E-state index in [0.29, 0.717) is 5.02 Å². The predicted molar refractivity (Wildman–Crippen MR) is 336 cm³/mol. The van der Waals surface area contributed by atoms with Crippen molar-refractivity contribution < 1.29 is 8.83 Å². The van der Waals surface area contributed by atoms with Gasteiger partial charge in [-0.1, -0.05) is 194 Å². The number of fused-ring (bicyclic) bond motifs is 11. The standard InChI is InChI=1S/C36H23BN2O.C36H25ClN2O/c1-3-13-25(14-4-1)38-30-19-10-9-18-29(30)37-33-31(38)20-11-21-32(33)39(26-15-5-2-6-16-26)34-28-23-22-24-12-7-8-17-27(24)35(28)40-36(34)37;37-35-32(38(27-14-4-1-5-15-27)28-16-6-2-7-17-28)21-12-22-33(35)39(29-18-8-3-9-19-29)34-25-40-36-30-20-11-10-13-26(30)23-24-31(34)36/h1-23H;1-25H. The molecule has 0 unspecified atom stereocenters. The summed E-state index contributed by atoms with van der Waals surface area (Å²) in [6, 6.07) is 99.4. The van der Waals surface area contributed by atoms with Crippen molar-refractivity contribution in [3.05, 3.63) is 296 Å². The molecule has 8 heteroatoms. The number of nitrogens with zero attached hydrogens (tertiary/aromatic N) is 4. The van der Waals surface area contributed by atoms with E-state index in [0.717, 1.165) is 94.9 Å². The Bertz CT molecular complexity index is 4550. The van der Waals surface area contributed by atoms with Gasteiger partial charge in [-0.3, -0.25) is 0 Å². The minimum atomic E-state index is -0.0245. The van der Waals surface area contributed by atoms with Gasteiger partial charge in [0.1, 0.15) is 17.4 Å². The first-order chi connectivity index (χ1) is 39.7. The third kappa shape index (κ3) is 7.73. The Morgan fingerprint density at radius 1 is 0.350 bits per heavy atom. The van der Waals surface area contributed by atoms with Gasteiger partial charge in [-0.25, -0.2) is 0 Å². The lowest BCUT2D eigenvalue weighted by Crippen LogP contribution is -2.60. The number of rotatable bonds is 8. The Hall–Kier alpha value is -10.2. The SMILES string of the molecule is Clc1c(N(c2ccccc2)c2ccccc2)cccc1N(c1ccccc1)c1coc2c1ccc1ccccc12.c1ccc(N2c3ccccc3B3c4oc5c(ccc6ccccc65)c4N(c4ccccc4)c4cccc2c43)cc1. The van der Waals surface area contributed by atoms with Crippen LogP contribution in [0.4, 0.5) is 68.2 Å². The van der Waals surface area contributed by atoms with Gasteiger partial charge in [0, 0.05) is 67.0 Å². The lowest BCUT2D eigenvalue weighted by atomic mass is 9.35. The van der Waals surface area contributed by atoms with Gasteiger partial charge in [0.15, 0.2) is 0 Å². The molecule has 0 fully saturated rings. The lowest BCUT2D eigenvalue weighted by Gasteiger charge is -2.42. The van der Waals surface area contributed by atoms with Crippen molar-refractivity contribution >= 4 is 147 Å². The topological polar surface area (TPSA) is 39.2 Å². The molecule has 0 aliphatic carbocycles. The van der Waals surface area contributed by atoms with Crippen LogP contribution in [0.5, 0.6) is 0 Å². The predicted octanol–water partition coefficient (Wildman–Crippen LogP) is 18.8. The van der Waals surface area contributed by atoms with Crippen LogP contribution in [0.15, 0.2) is 300 Å². The molecule has 14 aromatic rings. The molecular weight excluding hydrogens is 999 g/mol. The van der Waals surface area contributed by atoms with Gasteiger partial charge in [0.05, 0.1) is 33.4 Å². The Morgan fingerprint density at radius 3 is 1.44 bits per heavy atom. The largest absolute Gasteiger partial charge is 0.467 e. The fourth-order valence-corrected chi connectivity index (χ4v) is 12.4. The second kappa shape index (κ2) is 19.7. The quantitative estimate of drug-likeness (QED) is 0.141. The molecule has 4 heterocycles. The summed E-state index contributed by atoms with van der Waals surface area (Å²) in [6.07, 6.45) is 1.83. The first-order valence-corrected chi connectivity index (χ1v) is 27.3. The van der Waals surface area contributed by atoms with Crippen LogP contribution >= 0.6 is 11.6 Å². The smallest absolute Gasteiger partial charge is 0.297 e. The van der Waals surface area contributed by atoms with E-state index in [9.17, 15) is 0 Å². The summed E-state index contributed by atoms with van der Waals surface area (Å²) >= 11 is 7.40. The van der Waals surface area contributed by atoms with Crippen LogP contribution < -0.4 is 36.2 Å². The third-order valence-electron chi connectivity index (χ3n) is 15.6. The molecule has 12 aromatic carbocycles. The molecule has 0 bridgehead atoms. The first kappa shape index (κ1) is 47.0. The van der Waals surface area contributed by atoms with Crippen molar-refractivity contribution in [2.75, 3.05) is 19.6 Å².